The van der Waals surface area contributed by atoms with Crippen LogP contribution in [0.2, 0.25) is 0 Å². The van der Waals surface area contributed by atoms with E-state index in [1.165, 1.54) is 21.5 Å². The summed E-state index contributed by atoms with van der Waals surface area (Å²) in [6.45, 7) is 2.76. The lowest BCUT2D eigenvalue weighted by atomic mass is 10.2. The maximum Gasteiger partial charge on any atom is 0.278 e. The fraction of sp³-hybridized carbons (Fsp3) is 0.227. The van der Waals surface area contributed by atoms with Crippen LogP contribution in [0.15, 0.2) is 59.4 Å². The SMILES string of the molecule is CCN(C(=O)c1cc2c(=O)n(CCOC)c3ccccc3n2n1)c1ccccc1F. The van der Waals surface area contributed by atoms with E-state index in [0.29, 0.717) is 24.2 Å². The number of hydrogen-bond donors (Lipinski definition) is 0. The van der Waals surface area contributed by atoms with Gasteiger partial charge >= 0.3 is 0 Å². The van der Waals surface area contributed by atoms with E-state index in [9.17, 15) is 14.0 Å². The van der Waals surface area contributed by atoms with Gasteiger partial charge < -0.3 is 14.2 Å². The minimum atomic E-state index is -0.496. The Balaban J connectivity index is 1.88. The number of amides is 1. The molecule has 0 aliphatic rings. The summed E-state index contributed by atoms with van der Waals surface area (Å²) >= 11 is 0. The van der Waals surface area contributed by atoms with E-state index in [-0.39, 0.29) is 29.0 Å². The van der Waals surface area contributed by atoms with E-state index in [2.05, 4.69) is 5.10 Å². The Morgan fingerprint density at radius 3 is 2.50 bits per heavy atom. The number of fused-ring (bicyclic) bond motifs is 3. The van der Waals surface area contributed by atoms with Gasteiger partial charge in [-0.15, -0.1) is 0 Å². The molecule has 0 fully saturated rings. The van der Waals surface area contributed by atoms with Crippen molar-refractivity contribution in [3.05, 3.63) is 76.5 Å². The molecule has 154 valence electrons. The highest BCUT2D eigenvalue weighted by atomic mass is 19.1. The van der Waals surface area contributed by atoms with Crippen molar-refractivity contribution in [3.8, 4) is 0 Å². The van der Waals surface area contributed by atoms with Gasteiger partial charge in [0.05, 0.1) is 23.3 Å². The summed E-state index contributed by atoms with van der Waals surface area (Å²) in [5, 5.41) is 4.41. The van der Waals surface area contributed by atoms with Gasteiger partial charge in [-0.25, -0.2) is 8.91 Å². The van der Waals surface area contributed by atoms with Crippen LogP contribution in [0.25, 0.3) is 16.6 Å². The van der Waals surface area contributed by atoms with Crippen molar-refractivity contribution in [3.63, 3.8) is 0 Å². The molecule has 0 atom stereocenters. The largest absolute Gasteiger partial charge is 0.383 e. The van der Waals surface area contributed by atoms with Gasteiger partial charge in [0.25, 0.3) is 11.5 Å². The first-order valence-electron chi connectivity index (χ1n) is 9.63. The van der Waals surface area contributed by atoms with Crippen LogP contribution in [-0.2, 0) is 11.3 Å². The van der Waals surface area contributed by atoms with Crippen molar-refractivity contribution in [2.45, 2.75) is 13.5 Å². The Kier molecular flexibility index (Phi) is 5.33. The molecule has 0 saturated carbocycles. The molecule has 4 rings (SSSR count). The fourth-order valence-corrected chi connectivity index (χ4v) is 3.58. The second-order valence-electron chi connectivity index (χ2n) is 6.77. The smallest absolute Gasteiger partial charge is 0.278 e. The topological polar surface area (TPSA) is 68.8 Å². The number of aromatic nitrogens is 3. The van der Waals surface area contributed by atoms with Crippen molar-refractivity contribution in [2.24, 2.45) is 0 Å². The van der Waals surface area contributed by atoms with Crippen molar-refractivity contribution >= 4 is 28.1 Å². The summed E-state index contributed by atoms with van der Waals surface area (Å²) in [6.07, 6.45) is 0. The zero-order valence-electron chi connectivity index (χ0n) is 16.7. The molecule has 0 spiro atoms. The summed E-state index contributed by atoms with van der Waals surface area (Å²) in [5.41, 5.74) is 1.63. The van der Waals surface area contributed by atoms with Gasteiger partial charge in [0, 0.05) is 26.3 Å². The van der Waals surface area contributed by atoms with Crippen LogP contribution >= 0.6 is 0 Å². The van der Waals surface area contributed by atoms with E-state index in [0.717, 1.165) is 0 Å². The van der Waals surface area contributed by atoms with E-state index in [4.69, 9.17) is 4.74 Å². The lowest BCUT2D eigenvalue weighted by Crippen LogP contribution is -2.31. The quantitative estimate of drug-likeness (QED) is 0.492. The summed E-state index contributed by atoms with van der Waals surface area (Å²) in [6, 6.07) is 14.9. The molecular formula is C22H21FN4O3. The summed E-state index contributed by atoms with van der Waals surface area (Å²) in [4.78, 5) is 27.6. The Morgan fingerprint density at radius 1 is 1.10 bits per heavy atom. The zero-order valence-corrected chi connectivity index (χ0v) is 16.7. The Morgan fingerprint density at radius 2 is 1.80 bits per heavy atom. The molecule has 2 aromatic carbocycles. The lowest BCUT2D eigenvalue weighted by molar-refractivity contribution is 0.0982. The maximum absolute atomic E-state index is 14.3. The molecule has 1 amide bonds. The predicted octanol–water partition coefficient (Wildman–Crippen LogP) is 3.10. The third-order valence-electron chi connectivity index (χ3n) is 5.02. The minimum absolute atomic E-state index is 0.0758. The maximum atomic E-state index is 14.3. The predicted molar refractivity (Wildman–Crippen MR) is 113 cm³/mol. The molecule has 0 aliphatic carbocycles. The number of rotatable bonds is 6. The molecule has 0 aliphatic heterocycles. The molecule has 2 aromatic heterocycles. The number of anilines is 1. The van der Waals surface area contributed by atoms with Crippen LogP contribution in [0.3, 0.4) is 0 Å². The molecule has 30 heavy (non-hydrogen) atoms. The molecule has 2 heterocycles. The number of halogens is 1. The zero-order chi connectivity index (χ0) is 21.3. The highest BCUT2D eigenvalue weighted by molar-refractivity contribution is 6.05. The minimum Gasteiger partial charge on any atom is -0.383 e. The highest BCUT2D eigenvalue weighted by Crippen LogP contribution is 2.22. The third kappa shape index (κ3) is 3.25. The molecule has 0 N–H and O–H groups in total. The van der Waals surface area contributed by atoms with Crippen molar-refractivity contribution in [2.75, 3.05) is 25.2 Å². The number of methoxy groups -OCH3 is 1. The van der Waals surface area contributed by atoms with Gasteiger partial charge in [0.15, 0.2) is 5.69 Å². The summed E-state index contributed by atoms with van der Waals surface area (Å²) < 4.78 is 22.5. The van der Waals surface area contributed by atoms with Crippen LogP contribution in [-0.4, -0.2) is 40.3 Å². The number of benzene rings is 2. The average Bonchev–Trinajstić information content (AvgIpc) is 3.21. The molecule has 4 aromatic rings. The van der Waals surface area contributed by atoms with Crippen molar-refractivity contribution in [1.82, 2.24) is 14.2 Å². The number of nitrogens with zero attached hydrogens (tertiary/aromatic N) is 4. The summed E-state index contributed by atoms with van der Waals surface area (Å²) in [5.74, 6) is -0.970. The molecule has 7 nitrogen and oxygen atoms in total. The van der Waals surface area contributed by atoms with E-state index in [1.807, 2.05) is 24.3 Å². The molecule has 8 heteroatoms. The summed E-state index contributed by atoms with van der Waals surface area (Å²) in [7, 11) is 1.57. The van der Waals surface area contributed by atoms with E-state index in [1.54, 1.807) is 36.8 Å². The normalized spacial score (nSPS) is 11.3. The Bertz CT molecular complexity index is 1290. The first-order valence-corrected chi connectivity index (χ1v) is 9.63. The van der Waals surface area contributed by atoms with Gasteiger partial charge in [-0.05, 0) is 31.2 Å². The Labute approximate surface area is 171 Å². The second-order valence-corrected chi connectivity index (χ2v) is 6.77. The Hall–Kier alpha value is -3.52. The van der Waals surface area contributed by atoms with Gasteiger partial charge in [-0.2, -0.15) is 5.10 Å². The first-order chi connectivity index (χ1) is 14.6. The number of ether oxygens (including phenoxy) is 1. The van der Waals surface area contributed by atoms with Crippen molar-refractivity contribution < 1.29 is 13.9 Å². The molecule has 0 unspecified atom stereocenters. The number of para-hydroxylation sites is 3. The highest BCUT2D eigenvalue weighted by Gasteiger charge is 2.23. The van der Waals surface area contributed by atoms with E-state index < -0.39 is 11.7 Å². The number of carbonyl (C=O) groups is 1. The second kappa shape index (κ2) is 8.08. The lowest BCUT2D eigenvalue weighted by Gasteiger charge is -2.20. The number of hydrogen-bond acceptors (Lipinski definition) is 4. The van der Waals surface area contributed by atoms with Crippen LogP contribution in [0, 0.1) is 5.82 Å². The average molecular weight is 408 g/mol. The van der Waals surface area contributed by atoms with Crippen LogP contribution in [0.4, 0.5) is 10.1 Å². The standard InChI is InChI=1S/C22H21FN4O3/c1-3-25(17-9-5-4-8-15(17)23)21(28)16-14-20-22(29)26(12-13-30-2)18-10-6-7-11-19(18)27(20)24-16/h4-11,14H,3,12-13H2,1-2H3. The monoisotopic (exact) mass is 408 g/mol. The number of carbonyl (C=O) groups excluding carboxylic acids is 1. The van der Waals surface area contributed by atoms with Gasteiger partial charge in [0.2, 0.25) is 0 Å². The molecule has 0 saturated heterocycles. The van der Waals surface area contributed by atoms with Gasteiger partial charge in [0.1, 0.15) is 11.3 Å². The molecule has 0 radical (unpaired) electrons. The van der Waals surface area contributed by atoms with Gasteiger partial charge in [-0.3, -0.25) is 9.59 Å². The van der Waals surface area contributed by atoms with Crippen LogP contribution < -0.4 is 10.5 Å². The van der Waals surface area contributed by atoms with Gasteiger partial charge in [-0.1, -0.05) is 24.3 Å². The first kappa shape index (κ1) is 19.8. The van der Waals surface area contributed by atoms with Crippen LogP contribution in [0.1, 0.15) is 17.4 Å². The van der Waals surface area contributed by atoms with E-state index >= 15 is 0 Å². The molecular weight excluding hydrogens is 387 g/mol. The third-order valence-corrected chi connectivity index (χ3v) is 5.02. The molecule has 0 bridgehead atoms. The van der Waals surface area contributed by atoms with Crippen molar-refractivity contribution in [1.29, 1.82) is 0 Å². The van der Waals surface area contributed by atoms with Crippen LogP contribution in [0.5, 0.6) is 0 Å². The fourth-order valence-electron chi connectivity index (χ4n) is 3.58.